The Hall–Kier alpha value is -3.33. The summed E-state index contributed by atoms with van der Waals surface area (Å²) in [6.45, 7) is 3.28. The maximum Gasteiger partial charge on any atom is 0.234 e. The smallest absolute Gasteiger partial charge is 0.234 e. The summed E-state index contributed by atoms with van der Waals surface area (Å²) in [7, 11) is 1.66. The fourth-order valence-corrected chi connectivity index (χ4v) is 4.28. The van der Waals surface area contributed by atoms with Gasteiger partial charge < -0.3 is 19.9 Å². The molecule has 3 aromatic rings. The van der Waals surface area contributed by atoms with Crippen LogP contribution in [0.4, 0.5) is 21.6 Å². The van der Waals surface area contributed by atoms with Gasteiger partial charge in [-0.3, -0.25) is 4.79 Å². The van der Waals surface area contributed by atoms with Crippen LogP contribution in [0.25, 0.3) is 0 Å². The van der Waals surface area contributed by atoms with Crippen molar-refractivity contribution in [3.05, 3.63) is 66.7 Å². The van der Waals surface area contributed by atoms with Crippen molar-refractivity contribution >= 4 is 34.9 Å². The fraction of sp³-hybridized carbons (Fsp3) is 0.261. The number of nitrogens with zero attached hydrogens (tertiary/aromatic N) is 4. The van der Waals surface area contributed by atoms with Gasteiger partial charge in [0.05, 0.1) is 18.6 Å². The molecule has 0 unspecified atom stereocenters. The standard InChI is InChI=1S/C23H24FN5O2S/c1-31-18-8-6-17(7-9-18)28-12-14-29(15-13-28)22-23(26-11-10-25-22)32-16-21(30)27-20-5-3-2-4-19(20)24/h2-11H,12-16H2,1H3,(H,27,30). The zero-order valence-corrected chi connectivity index (χ0v) is 18.5. The van der Waals surface area contributed by atoms with E-state index in [2.05, 4.69) is 37.2 Å². The second kappa shape index (κ2) is 10.3. The normalized spacial score (nSPS) is 13.7. The summed E-state index contributed by atoms with van der Waals surface area (Å²) in [6.07, 6.45) is 3.28. The van der Waals surface area contributed by atoms with E-state index in [-0.39, 0.29) is 17.3 Å². The maximum absolute atomic E-state index is 13.8. The van der Waals surface area contributed by atoms with Gasteiger partial charge in [-0.15, -0.1) is 0 Å². The van der Waals surface area contributed by atoms with Crippen LogP contribution >= 0.6 is 11.8 Å². The Balaban J connectivity index is 1.35. The molecule has 1 N–H and O–H groups in total. The molecule has 0 bridgehead atoms. The van der Waals surface area contributed by atoms with E-state index in [1.807, 2.05) is 12.1 Å². The number of para-hydroxylation sites is 1. The van der Waals surface area contributed by atoms with Crippen LogP contribution in [0.15, 0.2) is 66.0 Å². The van der Waals surface area contributed by atoms with Crippen molar-refractivity contribution in [3.8, 4) is 5.75 Å². The number of methoxy groups -OCH3 is 1. The number of amides is 1. The molecule has 0 radical (unpaired) electrons. The monoisotopic (exact) mass is 453 g/mol. The Bertz CT molecular complexity index is 1060. The Morgan fingerprint density at radius 3 is 2.44 bits per heavy atom. The highest BCUT2D eigenvalue weighted by Gasteiger charge is 2.22. The molecule has 1 fully saturated rings. The minimum Gasteiger partial charge on any atom is -0.497 e. The number of hydrogen-bond donors (Lipinski definition) is 1. The highest BCUT2D eigenvalue weighted by atomic mass is 32.2. The molecule has 0 atom stereocenters. The summed E-state index contributed by atoms with van der Waals surface area (Å²) in [5.74, 6) is 0.978. The fourth-order valence-electron chi connectivity index (χ4n) is 3.49. The van der Waals surface area contributed by atoms with Crippen molar-refractivity contribution in [2.45, 2.75) is 5.03 Å². The average Bonchev–Trinajstić information content (AvgIpc) is 2.84. The summed E-state index contributed by atoms with van der Waals surface area (Å²) in [4.78, 5) is 25.7. The van der Waals surface area contributed by atoms with Crippen LogP contribution in [-0.4, -0.2) is 54.9 Å². The number of hydrogen-bond acceptors (Lipinski definition) is 7. The SMILES string of the molecule is COc1ccc(N2CCN(c3nccnc3SCC(=O)Nc3ccccc3F)CC2)cc1. The molecule has 0 spiro atoms. The Morgan fingerprint density at radius 1 is 1.03 bits per heavy atom. The third-order valence-corrected chi connectivity index (χ3v) is 6.12. The molecule has 9 heteroatoms. The molecular formula is C23H24FN5O2S. The molecule has 1 aliphatic heterocycles. The molecule has 2 aromatic carbocycles. The van der Waals surface area contributed by atoms with Crippen LogP contribution in [0.1, 0.15) is 0 Å². The molecule has 1 aromatic heterocycles. The second-order valence-electron chi connectivity index (χ2n) is 7.17. The number of rotatable bonds is 7. The topological polar surface area (TPSA) is 70.6 Å². The van der Waals surface area contributed by atoms with Crippen LogP contribution in [0.5, 0.6) is 5.75 Å². The van der Waals surface area contributed by atoms with Gasteiger partial charge in [-0.1, -0.05) is 23.9 Å². The number of piperazine rings is 1. The first kappa shape index (κ1) is 21.9. The van der Waals surface area contributed by atoms with E-state index in [1.54, 1.807) is 31.6 Å². The van der Waals surface area contributed by atoms with E-state index < -0.39 is 5.82 Å². The first-order valence-corrected chi connectivity index (χ1v) is 11.2. The minimum atomic E-state index is -0.458. The number of anilines is 3. The lowest BCUT2D eigenvalue weighted by Gasteiger charge is -2.37. The Kier molecular flexibility index (Phi) is 7.06. The van der Waals surface area contributed by atoms with Crippen LogP contribution < -0.4 is 19.9 Å². The van der Waals surface area contributed by atoms with Gasteiger partial charge in [-0.2, -0.15) is 0 Å². The summed E-state index contributed by atoms with van der Waals surface area (Å²) >= 11 is 1.30. The molecule has 166 valence electrons. The highest BCUT2D eigenvalue weighted by molar-refractivity contribution is 8.00. The van der Waals surface area contributed by atoms with E-state index in [1.165, 1.54) is 23.9 Å². The lowest BCUT2D eigenvalue weighted by molar-refractivity contribution is -0.113. The summed E-state index contributed by atoms with van der Waals surface area (Å²) in [6, 6.07) is 14.2. The molecule has 1 amide bonds. The first-order chi connectivity index (χ1) is 15.6. The number of carbonyl (C=O) groups excluding carboxylic acids is 1. The number of thioether (sulfide) groups is 1. The Labute approximate surface area is 190 Å². The molecular weight excluding hydrogens is 429 g/mol. The summed E-state index contributed by atoms with van der Waals surface area (Å²) in [5, 5.41) is 3.29. The molecule has 1 saturated heterocycles. The number of halogens is 1. The second-order valence-corrected chi connectivity index (χ2v) is 8.14. The molecule has 4 rings (SSSR count). The van der Waals surface area contributed by atoms with Crippen LogP contribution in [0, 0.1) is 5.82 Å². The molecule has 32 heavy (non-hydrogen) atoms. The lowest BCUT2D eigenvalue weighted by Crippen LogP contribution is -2.47. The number of benzene rings is 2. The van der Waals surface area contributed by atoms with Crippen LogP contribution in [0.3, 0.4) is 0 Å². The van der Waals surface area contributed by atoms with Crippen molar-refractivity contribution in [1.82, 2.24) is 9.97 Å². The summed E-state index contributed by atoms with van der Waals surface area (Å²) < 4.78 is 19.0. The van der Waals surface area contributed by atoms with Crippen LogP contribution in [0.2, 0.25) is 0 Å². The predicted octanol–water partition coefficient (Wildman–Crippen LogP) is 3.68. The third-order valence-electron chi connectivity index (χ3n) is 5.15. The van der Waals surface area contributed by atoms with Crippen molar-refractivity contribution in [3.63, 3.8) is 0 Å². The number of nitrogens with one attached hydrogen (secondary N) is 1. The van der Waals surface area contributed by atoms with Crippen molar-refractivity contribution in [2.75, 3.05) is 54.2 Å². The van der Waals surface area contributed by atoms with Crippen molar-refractivity contribution < 1.29 is 13.9 Å². The molecule has 2 heterocycles. The molecule has 1 aliphatic rings. The Morgan fingerprint density at radius 2 is 1.72 bits per heavy atom. The quantitative estimate of drug-likeness (QED) is 0.547. The van der Waals surface area contributed by atoms with Gasteiger partial charge in [0.1, 0.15) is 16.6 Å². The van der Waals surface area contributed by atoms with Gasteiger partial charge in [-0.25, -0.2) is 14.4 Å². The first-order valence-electron chi connectivity index (χ1n) is 10.3. The van der Waals surface area contributed by atoms with E-state index >= 15 is 0 Å². The van der Waals surface area contributed by atoms with Gasteiger partial charge in [0.2, 0.25) is 5.91 Å². The van der Waals surface area contributed by atoms with E-state index in [4.69, 9.17) is 4.74 Å². The van der Waals surface area contributed by atoms with Gasteiger partial charge >= 0.3 is 0 Å². The molecule has 0 aliphatic carbocycles. The lowest BCUT2D eigenvalue weighted by atomic mass is 10.2. The van der Waals surface area contributed by atoms with E-state index in [0.717, 1.165) is 43.4 Å². The maximum atomic E-state index is 13.8. The van der Waals surface area contributed by atoms with Crippen molar-refractivity contribution in [1.29, 1.82) is 0 Å². The third kappa shape index (κ3) is 5.28. The van der Waals surface area contributed by atoms with Gasteiger partial charge in [0, 0.05) is 44.3 Å². The zero-order valence-electron chi connectivity index (χ0n) is 17.7. The average molecular weight is 454 g/mol. The predicted molar refractivity (Wildman–Crippen MR) is 125 cm³/mol. The van der Waals surface area contributed by atoms with Crippen LogP contribution in [-0.2, 0) is 4.79 Å². The van der Waals surface area contributed by atoms with Gasteiger partial charge in [-0.05, 0) is 36.4 Å². The number of aromatic nitrogens is 2. The largest absolute Gasteiger partial charge is 0.497 e. The molecule has 0 saturated carbocycles. The number of carbonyl (C=O) groups is 1. The van der Waals surface area contributed by atoms with Gasteiger partial charge in [0.25, 0.3) is 0 Å². The molecule has 7 nitrogen and oxygen atoms in total. The zero-order chi connectivity index (χ0) is 22.3. The van der Waals surface area contributed by atoms with E-state index in [9.17, 15) is 9.18 Å². The van der Waals surface area contributed by atoms with E-state index in [0.29, 0.717) is 5.03 Å². The van der Waals surface area contributed by atoms with Gasteiger partial charge in [0.15, 0.2) is 5.82 Å². The number of ether oxygens (including phenoxy) is 1. The summed E-state index contributed by atoms with van der Waals surface area (Å²) in [5.41, 5.74) is 1.33. The van der Waals surface area contributed by atoms with Crippen molar-refractivity contribution in [2.24, 2.45) is 0 Å². The highest BCUT2D eigenvalue weighted by Crippen LogP contribution is 2.28. The minimum absolute atomic E-state index is 0.117.